The summed E-state index contributed by atoms with van der Waals surface area (Å²) in [6.45, 7) is -0.210. The lowest BCUT2D eigenvalue weighted by Gasteiger charge is -2.10. The number of carbonyl (C=O) groups is 1. The van der Waals surface area contributed by atoms with Crippen molar-refractivity contribution in [1.29, 1.82) is 0 Å². The molecule has 120 valence electrons. The van der Waals surface area contributed by atoms with Crippen molar-refractivity contribution in [3.63, 3.8) is 0 Å². The SMILES string of the molecule is COc1cc(Br)ccc1OCC(=O)N/N=C\c1ccc(F)cc1. The number of amides is 1. The first kappa shape index (κ1) is 17.0. The van der Waals surface area contributed by atoms with E-state index >= 15 is 0 Å². The number of ether oxygens (including phenoxy) is 2. The van der Waals surface area contributed by atoms with Crippen LogP contribution in [0.2, 0.25) is 0 Å². The molecular formula is C16H14BrFN2O3. The van der Waals surface area contributed by atoms with Crippen LogP contribution in [0.5, 0.6) is 11.5 Å². The number of hydrogen-bond donors (Lipinski definition) is 1. The van der Waals surface area contributed by atoms with Gasteiger partial charge in [-0.05, 0) is 35.9 Å². The normalized spacial score (nSPS) is 10.6. The van der Waals surface area contributed by atoms with Gasteiger partial charge in [-0.1, -0.05) is 28.1 Å². The third-order valence-electron chi connectivity index (χ3n) is 2.76. The number of benzene rings is 2. The zero-order chi connectivity index (χ0) is 16.7. The Morgan fingerprint density at radius 1 is 1.26 bits per heavy atom. The molecule has 1 N–H and O–H groups in total. The number of rotatable bonds is 6. The number of nitrogens with zero attached hydrogens (tertiary/aromatic N) is 1. The molecule has 0 aromatic heterocycles. The van der Waals surface area contributed by atoms with Gasteiger partial charge in [-0.3, -0.25) is 4.79 Å². The lowest BCUT2D eigenvalue weighted by Crippen LogP contribution is -2.24. The van der Waals surface area contributed by atoms with Crippen molar-refractivity contribution in [1.82, 2.24) is 5.43 Å². The number of carbonyl (C=O) groups excluding carboxylic acids is 1. The van der Waals surface area contributed by atoms with E-state index in [1.54, 1.807) is 30.3 Å². The van der Waals surface area contributed by atoms with Crippen molar-refractivity contribution in [2.75, 3.05) is 13.7 Å². The summed E-state index contributed by atoms with van der Waals surface area (Å²) < 4.78 is 24.1. The van der Waals surface area contributed by atoms with E-state index in [1.165, 1.54) is 25.5 Å². The Morgan fingerprint density at radius 2 is 2.00 bits per heavy atom. The van der Waals surface area contributed by atoms with Crippen LogP contribution >= 0.6 is 15.9 Å². The number of methoxy groups -OCH3 is 1. The van der Waals surface area contributed by atoms with Crippen LogP contribution in [0, 0.1) is 5.82 Å². The van der Waals surface area contributed by atoms with E-state index in [0.717, 1.165) is 4.47 Å². The maximum Gasteiger partial charge on any atom is 0.277 e. The Hall–Kier alpha value is -2.41. The van der Waals surface area contributed by atoms with E-state index < -0.39 is 5.91 Å². The van der Waals surface area contributed by atoms with Gasteiger partial charge in [0.2, 0.25) is 0 Å². The first-order valence-electron chi connectivity index (χ1n) is 6.62. The first-order chi connectivity index (χ1) is 11.1. The highest BCUT2D eigenvalue weighted by atomic mass is 79.9. The number of hydrogen-bond acceptors (Lipinski definition) is 4. The molecule has 0 fully saturated rings. The highest BCUT2D eigenvalue weighted by Crippen LogP contribution is 2.29. The van der Waals surface area contributed by atoms with E-state index in [-0.39, 0.29) is 12.4 Å². The zero-order valence-electron chi connectivity index (χ0n) is 12.3. The van der Waals surface area contributed by atoms with E-state index in [2.05, 4.69) is 26.5 Å². The predicted molar refractivity (Wildman–Crippen MR) is 88.3 cm³/mol. The third kappa shape index (κ3) is 5.37. The average molecular weight is 381 g/mol. The van der Waals surface area contributed by atoms with Gasteiger partial charge in [-0.25, -0.2) is 9.82 Å². The maximum absolute atomic E-state index is 12.7. The molecule has 0 atom stereocenters. The quantitative estimate of drug-likeness (QED) is 0.618. The summed E-state index contributed by atoms with van der Waals surface area (Å²) in [5.41, 5.74) is 3.00. The standard InChI is InChI=1S/C16H14BrFN2O3/c1-22-15-8-12(17)4-7-14(15)23-10-16(21)20-19-9-11-2-5-13(18)6-3-11/h2-9H,10H2,1H3,(H,20,21)/b19-9-. The molecule has 0 heterocycles. The van der Waals surface area contributed by atoms with Gasteiger partial charge in [-0.2, -0.15) is 5.10 Å². The number of nitrogens with one attached hydrogen (secondary N) is 1. The summed E-state index contributed by atoms with van der Waals surface area (Å²) in [5, 5.41) is 3.77. The Bertz CT molecular complexity index is 705. The molecule has 0 radical (unpaired) electrons. The van der Waals surface area contributed by atoms with Crippen LogP contribution in [0.1, 0.15) is 5.56 Å². The molecule has 1 amide bonds. The second kappa shape index (κ2) is 8.28. The summed E-state index contributed by atoms with van der Waals surface area (Å²) in [4.78, 5) is 11.7. The van der Waals surface area contributed by atoms with Crippen LogP contribution in [0.25, 0.3) is 0 Å². The molecule has 2 aromatic rings. The molecule has 0 aliphatic carbocycles. The average Bonchev–Trinajstić information content (AvgIpc) is 2.55. The van der Waals surface area contributed by atoms with Crippen molar-refractivity contribution >= 4 is 28.1 Å². The van der Waals surface area contributed by atoms with Crippen LogP contribution in [-0.4, -0.2) is 25.8 Å². The van der Waals surface area contributed by atoms with Gasteiger partial charge < -0.3 is 9.47 Å². The molecule has 0 saturated heterocycles. The molecule has 0 bridgehead atoms. The molecule has 23 heavy (non-hydrogen) atoms. The molecular weight excluding hydrogens is 367 g/mol. The monoisotopic (exact) mass is 380 g/mol. The van der Waals surface area contributed by atoms with Crippen molar-refractivity contribution in [2.45, 2.75) is 0 Å². The lowest BCUT2D eigenvalue weighted by atomic mass is 10.2. The number of halogens is 2. The Labute approximate surface area is 141 Å². The maximum atomic E-state index is 12.7. The van der Waals surface area contributed by atoms with E-state index in [1.807, 2.05) is 0 Å². The molecule has 0 spiro atoms. The van der Waals surface area contributed by atoms with Gasteiger partial charge in [-0.15, -0.1) is 0 Å². The molecule has 7 heteroatoms. The molecule has 2 aromatic carbocycles. The van der Waals surface area contributed by atoms with Gasteiger partial charge >= 0.3 is 0 Å². The summed E-state index contributed by atoms with van der Waals surface area (Å²) in [6, 6.07) is 10.9. The van der Waals surface area contributed by atoms with Gasteiger partial charge in [0.1, 0.15) is 5.82 Å². The predicted octanol–water partition coefficient (Wildman–Crippen LogP) is 3.13. The number of hydrazone groups is 1. The lowest BCUT2D eigenvalue weighted by molar-refractivity contribution is -0.123. The topological polar surface area (TPSA) is 59.9 Å². The summed E-state index contributed by atoms with van der Waals surface area (Å²) >= 11 is 3.32. The van der Waals surface area contributed by atoms with Crippen molar-refractivity contribution in [2.24, 2.45) is 5.10 Å². The molecule has 0 unspecified atom stereocenters. The minimum Gasteiger partial charge on any atom is -0.493 e. The summed E-state index contributed by atoms with van der Waals surface area (Å²) in [6.07, 6.45) is 1.41. The molecule has 5 nitrogen and oxygen atoms in total. The Balaban J connectivity index is 1.84. The van der Waals surface area contributed by atoms with E-state index in [4.69, 9.17) is 9.47 Å². The largest absolute Gasteiger partial charge is 0.493 e. The molecule has 0 saturated carbocycles. The van der Waals surface area contributed by atoms with Gasteiger partial charge in [0, 0.05) is 4.47 Å². The van der Waals surface area contributed by atoms with Crippen LogP contribution in [0.3, 0.4) is 0 Å². The minimum atomic E-state index is -0.423. The fourth-order valence-corrected chi connectivity index (χ4v) is 2.00. The smallest absolute Gasteiger partial charge is 0.277 e. The van der Waals surface area contributed by atoms with Crippen LogP contribution < -0.4 is 14.9 Å². The van der Waals surface area contributed by atoms with E-state index in [0.29, 0.717) is 17.1 Å². The molecule has 2 rings (SSSR count). The first-order valence-corrected chi connectivity index (χ1v) is 7.41. The van der Waals surface area contributed by atoms with Crippen LogP contribution in [-0.2, 0) is 4.79 Å². The van der Waals surface area contributed by atoms with Crippen LogP contribution in [0.15, 0.2) is 52.0 Å². The fraction of sp³-hybridized carbons (Fsp3) is 0.125. The fourth-order valence-electron chi connectivity index (χ4n) is 1.66. The van der Waals surface area contributed by atoms with E-state index in [9.17, 15) is 9.18 Å². The minimum absolute atomic E-state index is 0.210. The highest BCUT2D eigenvalue weighted by molar-refractivity contribution is 9.10. The van der Waals surface area contributed by atoms with Crippen LogP contribution in [0.4, 0.5) is 4.39 Å². The second-order valence-electron chi connectivity index (χ2n) is 4.43. The van der Waals surface area contributed by atoms with Gasteiger partial charge in [0.05, 0.1) is 13.3 Å². The summed E-state index contributed by atoms with van der Waals surface area (Å²) in [5.74, 6) is 0.215. The third-order valence-corrected chi connectivity index (χ3v) is 3.25. The van der Waals surface area contributed by atoms with Crippen molar-refractivity contribution in [3.05, 3.63) is 58.3 Å². The highest BCUT2D eigenvalue weighted by Gasteiger charge is 2.07. The molecule has 0 aliphatic heterocycles. The Kier molecular flexibility index (Phi) is 6.10. The molecule has 0 aliphatic rings. The van der Waals surface area contributed by atoms with Gasteiger partial charge in [0.25, 0.3) is 5.91 Å². The van der Waals surface area contributed by atoms with Gasteiger partial charge in [0.15, 0.2) is 18.1 Å². The van der Waals surface area contributed by atoms with Crippen molar-refractivity contribution < 1.29 is 18.7 Å². The summed E-state index contributed by atoms with van der Waals surface area (Å²) in [7, 11) is 1.52. The zero-order valence-corrected chi connectivity index (χ0v) is 13.8. The van der Waals surface area contributed by atoms with Crippen molar-refractivity contribution in [3.8, 4) is 11.5 Å². The Morgan fingerprint density at radius 3 is 2.70 bits per heavy atom. The second-order valence-corrected chi connectivity index (χ2v) is 5.34.